The van der Waals surface area contributed by atoms with Gasteiger partial charge in [0, 0.05) is 22.1 Å². The molecule has 0 aliphatic heterocycles. The summed E-state index contributed by atoms with van der Waals surface area (Å²) < 4.78 is 7.69. The van der Waals surface area contributed by atoms with Crippen LogP contribution in [0.5, 0.6) is 0 Å². The molecule has 1 aromatic carbocycles. The summed E-state index contributed by atoms with van der Waals surface area (Å²) in [4.78, 5) is 28.5. The number of aromatic nitrogens is 3. The number of pyridine rings is 1. The van der Waals surface area contributed by atoms with Gasteiger partial charge in [-0.3, -0.25) is 4.79 Å². The highest BCUT2D eigenvalue weighted by atomic mass is 79.9. The van der Waals surface area contributed by atoms with Gasteiger partial charge in [-0.15, -0.1) is 0 Å². The molecule has 0 aliphatic carbocycles. The third-order valence-corrected chi connectivity index (χ3v) is 4.50. The Bertz CT molecular complexity index is 1030. The number of carbonyl (C=O) groups is 2. The van der Waals surface area contributed by atoms with Crippen LogP contribution in [0.1, 0.15) is 27.3 Å². The first-order chi connectivity index (χ1) is 13.3. The van der Waals surface area contributed by atoms with Crippen LogP contribution < -0.4 is 5.32 Å². The number of esters is 1. The number of hydrogen-bond donors (Lipinski definition) is 1. The average molecular weight is 443 g/mol. The molecule has 8 heteroatoms. The van der Waals surface area contributed by atoms with Crippen LogP contribution in [0.4, 0.5) is 5.69 Å². The lowest BCUT2D eigenvalue weighted by Gasteiger charge is -2.09. The maximum absolute atomic E-state index is 12.2. The van der Waals surface area contributed by atoms with Gasteiger partial charge in [-0.05, 0) is 62.7 Å². The normalized spacial score (nSPS) is 10.6. The van der Waals surface area contributed by atoms with E-state index in [0.717, 1.165) is 21.4 Å². The lowest BCUT2D eigenvalue weighted by Crippen LogP contribution is -2.21. The second-order valence-corrected chi connectivity index (χ2v) is 7.24. The van der Waals surface area contributed by atoms with E-state index in [-0.39, 0.29) is 12.2 Å². The van der Waals surface area contributed by atoms with Crippen molar-refractivity contribution in [1.82, 2.24) is 14.8 Å². The topological polar surface area (TPSA) is 86.1 Å². The van der Waals surface area contributed by atoms with E-state index in [1.165, 1.54) is 6.20 Å². The molecule has 0 aliphatic rings. The van der Waals surface area contributed by atoms with Gasteiger partial charge < -0.3 is 10.1 Å². The van der Waals surface area contributed by atoms with Crippen LogP contribution >= 0.6 is 15.9 Å². The molecule has 7 nitrogen and oxygen atoms in total. The van der Waals surface area contributed by atoms with Crippen LogP contribution in [0.25, 0.3) is 5.82 Å². The van der Waals surface area contributed by atoms with Crippen molar-refractivity contribution in [1.29, 1.82) is 0 Å². The molecule has 1 amide bonds. The SMILES string of the molecule is Cc1cc(C)n(-c2ccc(C(=O)OCC(=O)Nc3ccc(Br)cc3C)cn2)n1. The van der Waals surface area contributed by atoms with Gasteiger partial charge in [0.1, 0.15) is 0 Å². The van der Waals surface area contributed by atoms with Crippen molar-refractivity contribution in [2.24, 2.45) is 0 Å². The van der Waals surface area contributed by atoms with Crippen molar-refractivity contribution in [3.8, 4) is 5.82 Å². The molecule has 2 heterocycles. The van der Waals surface area contributed by atoms with Crippen LogP contribution in [-0.4, -0.2) is 33.2 Å². The summed E-state index contributed by atoms with van der Waals surface area (Å²) in [6.45, 7) is 5.32. The second-order valence-electron chi connectivity index (χ2n) is 6.33. The Morgan fingerprint density at radius 1 is 1.14 bits per heavy atom. The molecule has 2 aromatic heterocycles. The van der Waals surface area contributed by atoms with Crippen molar-refractivity contribution in [3.63, 3.8) is 0 Å². The summed E-state index contributed by atoms with van der Waals surface area (Å²) in [6.07, 6.45) is 1.41. The van der Waals surface area contributed by atoms with Crippen LogP contribution in [0.15, 0.2) is 47.1 Å². The zero-order valence-electron chi connectivity index (χ0n) is 15.7. The highest BCUT2D eigenvalue weighted by molar-refractivity contribution is 9.10. The zero-order valence-corrected chi connectivity index (χ0v) is 17.3. The highest BCUT2D eigenvalue weighted by Gasteiger charge is 2.13. The number of anilines is 1. The van der Waals surface area contributed by atoms with Gasteiger partial charge in [-0.25, -0.2) is 14.5 Å². The maximum Gasteiger partial charge on any atom is 0.340 e. The van der Waals surface area contributed by atoms with Crippen molar-refractivity contribution in [2.75, 3.05) is 11.9 Å². The van der Waals surface area contributed by atoms with Crippen molar-refractivity contribution < 1.29 is 14.3 Å². The molecule has 144 valence electrons. The van der Waals surface area contributed by atoms with E-state index in [4.69, 9.17) is 4.74 Å². The number of carbonyl (C=O) groups excluding carboxylic acids is 2. The van der Waals surface area contributed by atoms with E-state index in [2.05, 4.69) is 31.3 Å². The monoisotopic (exact) mass is 442 g/mol. The van der Waals surface area contributed by atoms with Crippen LogP contribution in [0.3, 0.4) is 0 Å². The van der Waals surface area contributed by atoms with Crippen molar-refractivity contribution >= 4 is 33.5 Å². The van der Waals surface area contributed by atoms with Gasteiger partial charge in [0.2, 0.25) is 0 Å². The van der Waals surface area contributed by atoms with Gasteiger partial charge in [0.05, 0.1) is 11.3 Å². The average Bonchev–Trinajstić information content (AvgIpc) is 3.00. The molecule has 0 fully saturated rings. The molecule has 0 spiro atoms. The van der Waals surface area contributed by atoms with Gasteiger partial charge in [0.15, 0.2) is 12.4 Å². The van der Waals surface area contributed by atoms with E-state index >= 15 is 0 Å². The molecule has 1 N–H and O–H groups in total. The first-order valence-corrected chi connectivity index (χ1v) is 9.35. The van der Waals surface area contributed by atoms with Crippen molar-refractivity contribution in [3.05, 3.63) is 69.6 Å². The minimum absolute atomic E-state index is 0.262. The quantitative estimate of drug-likeness (QED) is 0.607. The Kier molecular flexibility index (Phi) is 5.89. The lowest BCUT2D eigenvalue weighted by atomic mass is 10.2. The summed E-state index contributed by atoms with van der Waals surface area (Å²) in [5.41, 5.74) is 3.66. The smallest absolute Gasteiger partial charge is 0.340 e. The fourth-order valence-corrected chi connectivity index (χ4v) is 3.14. The Balaban J connectivity index is 1.58. The van der Waals surface area contributed by atoms with E-state index in [1.807, 2.05) is 39.0 Å². The maximum atomic E-state index is 12.2. The summed E-state index contributed by atoms with van der Waals surface area (Å²) in [7, 11) is 0. The third-order valence-electron chi connectivity index (χ3n) is 4.01. The van der Waals surface area contributed by atoms with Crippen LogP contribution in [-0.2, 0) is 9.53 Å². The van der Waals surface area contributed by atoms with Crippen LogP contribution in [0.2, 0.25) is 0 Å². The number of benzene rings is 1. The number of rotatable bonds is 5. The molecular weight excluding hydrogens is 424 g/mol. The summed E-state index contributed by atoms with van der Waals surface area (Å²) in [6, 6.07) is 10.7. The Morgan fingerprint density at radius 3 is 2.54 bits per heavy atom. The number of amides is 1. The van der Waals surface area contributed by atoms with Gasteiger partial charge in [-0.2, -0.15) is 5.10 Å². The molecule has 0 saturated carbocycles. The number of hydrogen-bond acceptors (Lipinski definition) is 5. The first kappa shape index (κ1) is 19.8. The third kappa shape index (κ3) is 4.64. The number of halogens is 1. The summed E-state index contributed by atoms with van der Waals surface area (Å²) in [5, 5.41) is 7.07. The molecule has 0 bridgehead atoms. The van der Waals surface area contributed by atoms with E-state index in [0.29, 0.717) is 11.5 Å². The molecule has 0 unspecified atom stereocenters. The van der Waals surface area contributed by atoms with E-state index in [9.17, 15) is 9.59 Å². The number of nitrogens with zero attached hydrogens (tertiary/aromatic N) is 3. The predicted octanol–water partition coefficient (Wildman–Crippen LogP) is 3.75. The second kappa shape index (κ2) is 8.35. The molecule has 0 radical (unpaired) electrons. The standard InChI is InChI=1S/C20H19BrN4O3/c1-12-8-16(21)5-6-17(12)23-19(26)11-28-20(27)15-4-7-18(22-10-15)25-14(3)9-13(2)24-25/h4-10H,11H2,1-3H3,(H,23,26). The first-order valence-electron chi connectivity index (χ1n) is 8.56. The zero-order chi connectivity index (χ0) is 20.3. The molecule has 3 rings (SSSR count). The fraction of sp³-hybridized carbons (Fsp3) is 0.200. The Morgan fingerprint density at radius 2 is 1.93 bits per heavy atom. The molecule has 3 aromatic rings. The molecular formula is C20H19BrN4O3. The Labute approximate surface area is 170 Å². The van der Waals surface area contributed by atoms with Gasteiger partial charge in [-0.1, -0.05) is 15.9 Å². The highest BCUT2D eigenvalue weighted by Crippen LogP contribution is 2.20. The minimum atomic E-state index is -0.616. The lowest BCUT2D eigenvalue weighted by molar-refractivity contribution is -0.119. The number of nitrogens with one attached hydrogen (secondary N) is 1. The van der Waals surface area contributed by atoms with E-state index in [1.54, 1.807) is 22.9 Å². The minimum Gasteiger partial charge on any atom is -0.452 e. The number of aryl methyl sites for hydroxylation is 3. The summed E-state index contributed by atoms with van der Waals surface area (Å²) >= 11 is 3.37. The summed E-state index contributed by atoms with van der Waals surface area (Å²) in [5.74, 6) is -0.424. The largest absolute Gasteiger partial charge is 0.452 e. The predicted molar refractivity (Wildman–Crippen MR) is 109 cm³/mol. The Hall–Kier alpha value is -3.00. The fourth-order valence-electron chi connectivity index (χ4n) is 2.66. The number of ether oxygens (including phenoxy) is 1. The molecule has 0 saturated heterocycles. The van der Waals surface area contributed by atoms with Gasteiger partial charge >= 0.3 is 5.97 Å². The van der Waals surface area contributed by atoms with Gasteiger partial charge in [0.25, 0.3) is 5.91 Å². The van der Waals surface area contributed by atoms with Crippen LogP contribution in [0, 0.1) is 20.8 Å². The molecule has 0 atom stereocenters. The van der Waals surface area contributed by atoms with E-state index < -0.39 is 11.9 Å². The molecule has 28 heavy (non-hydrogen) atoms. The van der Waals surface area contributed by atoms with Crippen molar-refractivity contribution in [2.45, 2.75) is 20.8 Å².